The number of pyridine rings is 1. The summed E-state index contributed by atoms with van der Waals surface area (Å²) in [5, 5.41) is 0. The number of hydrogen-bond donors (Lipinski definition) is 0. The number of fused-ring (bicyclic) bond motifs is 1. The van der Waals surface area contributed by atoms with Crippen molar-refractivity contribution in [2.75, 3.05) is 18.6 Å². The van der Waals surface area contributed by atoms with Gasteiger partial charge in [-0.1, -0.05) is 0 Å². The van der Waals surface area contributed by atoms with Crippen LogP contribution < -0.4 is 9.64 Å². The number of aryl methyl sites for hydroxylation is 1. The summed E-state index contributed by atoms with van der Waals surface area (Å²) < 4.78 is 10.3. The van der Waals surface area contributed by atoms with Crippen LogP contribution in [0.5, 0.6) is 5.88 Å². The van der Waals surface area contributed by atoms with Crippen LogP contribution in [0.3, 0.4) is 0 Å². The van der Waals surface area contributed by atoms with Crippen LogP contribution in [0, 0.1) is 0 Å². The van der Waals surface area contributed by atoms with E-state index < -0.39 is 0 Å². The van der Waals surface area contributed by atoms with E-state index >= 15 is 0 Å². The Morgan fingerprint density at radius 1 is 1.44 bits per heavy atom. The van der Waals surface area contributed by atoms with Gasteiger partial charge in [-0.05, 0) is 32.8 Å². The summed E-state index contributed by atoms with van der Waals surface area (Å²) in [5.74, 6) is 0.577. The first-order chi connectivity index (χ1) is 8.61. The maximum Gasteiger partial charge on any atom is 0.414 e. The quantitative estimate of drug-likeness (QED) is 0.808. The Balaban J connectivity index is 2.25. The first-order valence-electron chi connectivity index (χ1n) is 6.14. The minimum absolute atomic E-state index is 0.117. The van der Waals surface area contributed by atoms with Crippen molar-refractivity contribution in [1.82, 2.24) is 4.98 Å². The molecule has 0 aliphatic carbocycles. The molecule has 2 heterocycles. The fraction of sp³-hybridized carbons (Fsp3) is 0.538. The van der Waals surface area contributed by atoms with E-state index in [1.807, 2.05) is 19.9 Å². The van der Waals surface area contributed by atoms with Gasteiger partial charge in [0.1, 0.15) is 0 Å². The zero-order valence-corrected chi connectivity index (χ0v) is 11.0. The number of rotatable bonds is 2. The van der Waals surface area contributed by atoms with Crippen LogP contribution in [-0.2, 0) is 11.2 Å². The highest BCUT2D eigenvalue weighted by Crippen LogP contribution is 2.28. The van der Waals surface area contributed by atoms with Crippen LogP contribution in [0.25, 0.3) is 0 Å². The van der Waals surface area contributed by atoms with Gasteiger partial charge < -0.3 is 9.47 Å². The van der Waals surface area contributed by atoms with Crippen LogP contribution >= 0.6 is 0 Å². The third kappa shape index (κ3) is 2.55. The molecule has 0 bridgehead atoms. The van der Waals surface area contributed by atoms with E-state index in [9.17, 15) is 4.79 Å². The lowest BCUT2D eigenvalue weighted by molar-refractivity contribution is 0.122. The molecule has 1 aromatic rings. The van der Waals surface area contributed by atoms with Crippen LogP contribution in [0.2, 0.25) is 0 Å². The Morgan fingerprint density at radius 3 is 2.89 bits per heavy atom. The number of amides is 1. The minimum Gasteiger partial charge on any atom is -0.481 e. The maximum atomic E-state index is 12.0. The maximum absolute atomic E-state index is 12.0. The molecule has 1 amide bonds. The molecule has 0 spiro atoms. The van der Waals surface area contributed by atoms with Gasteiger partial charge in [-0.25, -0.2) is 9.78 Å². The van der Waals surface area contributed by atoms with Crippen molar-refractivity contribution < 1.29 is 14.3 Å². The van der Waals surface area contributed by atoms with Gasteiger partial charge in [-0.15, -0.1) is 0 Å². The lowest BCUT2D eigenvalue weighted by Gasteiger charge is -2.28. The second kappa shape index (κ2) is 5.25. The fourth-order valence-electron chi connectivity index (χ4n) is 2.00. The number of anilines is 1. The minimum atomic E-state index is -0.307. The van der Waals surface area contributed by atoms with Gasteiger partial charge in [-0.3, -0.25) is 4.90 Å². The molecular weight excluding hydrogens is 232 g/mol. The number of methoxy groups -OCH3 is 1. The van der Waals surface area contributed by atoms with Crippen molar-refractivity contribution in [1.29, 1.82) is 0 Å². The van der Waals surface area contributed by atoms with Crippen molar-refractivity contribution in [3.05, 3.63) is 17.8 Å². The molecule has 0 fully saturated rings. The molecule has 0 aromatic carbocycles. The van der Waals surface area contributed by atoms with Gasteiger partial charge in [0.2, 0.25) is 5.88 Å². The summed E-state index contributed by atoms with van der Waals surface area (Å²) in [7, 11) is 1.59. The molecule has 1 aliphatic rings. The second-order valence-electron chi connectivity index (χ2n) is 4.51. The van der Waals surface area contributed by atoms with Crippen LogP contribution in [0.4, 0.5) is 10.5 Å². The highest BCUT2D eigenvalue weighted by Gasteiger charge is 2.25. The van der Waals surface area contributed by atoms with Crippen LogP contribution in [0.15, 0.2) is 12.1 Å². The van der Waals surface area contributed by atoms with Crippen molar-refractivity contribution in [3.8, 4) is 5.88 Å². The Labute approximate surface area is 107 Å². The van der Waals surface area contributed by atoms with Gasteiger partial charge >= 0.3 is 6.09 Å². The summed E-state index contributed by atoms with van der Waals surface area (Å²) in [5.41, 5.74) is 1.72. The second-order valence-corrected chi connectivity index (χ2v) is 4.51. The predicted octanol–water partition coefficient (Wildman–Crippen LogP) is 2.39. The normalized spacial score (nSPS) is 14.3. The summed E-state index contributed by atoms with van der Waals surface area (Å²) in [6, 6.07) is 3.63. The van der Waals surface area contributed by atoms with Crippen molar-refractivity contribution in [2.45, 2.75) is 32.8 Å². The highest BCUT2D eigenvalue weighted by atomic mass is 16.6. The van der Waals surface area contributed by atoms with E-state index in [-0.39, 0.29) is 12.2 Å². The molecule has 0 unspecified atom stereocenters. The highest BCUT2D eigenvalue weighted by molar-refractivity contribution is 5.89. The summed E-state index contributed by atoms with van der Waals surface area (Å²) >= 11 is 0. The molecular formula is C13H18N2O3. The summed E-state index contributed by atoms with van der Waals surface area (Å²) in [6.45, 7) is 4.36. The topological polar surface area (TPSA) is 51.7 Å². The first kappa shape index (κ1) is 12.7. The molecule has 98 valence electrons. The molecule has 0 N–H and O–H groups in total. The summed E-state index contributed by atoms with van der Waals surface area (Å²) in [6.07, 6.45) is 1.32. The molecule has 2 rings (SSSR count). The number of nitrogens with zero attached hydrogens (tertiary/aromatic N) is 2. The Bertz CT molecular complexity index is 446. The van der Waals surface area contributed by atoms with Crippen molar-refractivity contribution >= 4 is 11.8 Å². The fourth-order valence-corrected chi connectivity index (χ4v) is 2.00. The molecule has 18 heavy (non-hydrogen) atoms. The van der Waals surface area contributed by atoms with E-state index in [0.29, 0.717) is 12.4 Å². The lowest BCUT2D eigenvalue weighted by Crippen LogP contribution is -2.37. The smallest absolute Gasteiger partial charge is 0.414 e. The third-order valence-electron chi connectivity index (χ3n) is 2.78. The average molecular weight is 250 g/mol. The van der Waals surface area contributed by atoms with E-state index in [0.717, 1.165) is 24.2 Å². The predicted molar refractivity (Wildman–Crippen MR) is 68.1 cm³/mol. The summed E-state index contributed by atoms with van der Waals surface area (Å²) in [4.78, 5) is 18.0. The zero-order chi connectivity index (χ0) is 13.1. The Morgan fingerprint density at radius 2 is 2.22 bits per heavy atom. The van der Waals surface area contributed by atoms with Gasteiger partial charge in [0.15, 0.2) is 0 Å². The first-order valence-corrected chi connectivity index (χ1v) is 6.14. The van der Waals surface area contributed by atoms with E-state index in [1.54, 1.807) is 18.1 Å². The standard InChI is InChI=1S/C13H18N2O3/c1-9(2)18-13(16)15-8-4-5-10-11(15)6-7-12(14-10)17-3/h6-7,9H,4-5,8H2,1-3H3. The Kier molecular flexibility index (Phi) is 3.69. The lowest BCUT2D eigenvalue weighted by atomic mass is 10.1. The van der Waals surface area contributed by atoms with E-state index in [2.05, 4.69) is 4.98 Å². The van der Waals surface area contributed by atoms with Gasteiger partial charge in [0.25, 0.3) is 0 Å². The van der Waals surface area contributed by atoms with E-state index in [4.69, 9.17) is 9.47 Å². The monoisotopic (exact) mass is 250 g/mol. The molecule has 1 aromatic heterocycles. The largest absolute Gasteiger partial charge is 0.481 e. The number of aromatic nitrogens is 1. The molecule has 0 radical (unpaired) electrons. The van der Waals surface area contributed by atoms with Gasteiger partial charge in [0, 0.05) is 12.6 Å². The van der Waals surface area contributed by atoms with E-state index in [1.165, 1.54) is 0 Å². The molecule has 1 aliphatic heterocycles. The molecule has 0 atom stereocenters. The number of ether oxygens (including phenoxy) is 2. The van der Waals surface area contributed by atoms with Crippen LogP contribution in [-0.4, -0.2) is 30.8 Å². The molecule has 5 heteroatoms. The number of carbonyl (C=O) groups excluding carboxylic acids is 1. The van der Waals surface area contributed by atoms with Gasteiger partial charge in [-0.2, -0.15) is 0 Å². The Hall–Kier alpha value is -1.78. The number of hydrogen-bond acceptors (Lipinski definition) is 4. The van der Waals surface area contributed by atoms with Crippen molar-refractivity contribution in [3.63, 3.8) is 0 Å². The van der Waals surface area contributed by atoms with Crippen LogP contribution in [0.1, 0.15) is 26.0 Å². The molecule has 0 saturated carbocycles. The third-order valence-corrected chi connectivity index (χ3v) is 2.78. The SMILES string of the molecule is COc1ccc2c(n1)CCCN2C(=O)OC(C)C. The number of carbonyl (C=O) groups is 1. The zero-order valence-electron chi connectivity index (χ0n) is 11.0. The molecule has 0 saturated heterocycles. The average Bonchev–Trinajstić information content (AvgIpc) is 2.36. The van der Waals surface area contributed by atoms with Gasteiger partial charge in [0.05, 0.1) is 24.6 Å². The van der Waals surface area contributed by atoms with Crippen molar-refractivity contribution in [2.24, 2.45) is 0 Å². The molecule has 5 nitrogen and oxygen atoms in total.